The highest BCUT2D eigenvalue weighted by Crippen LogP contribution is 2.34. The first kappa shape index (κ1) is 24.6. The minimum atomic E-state index is -0.480. The van der Waals surface area contributed by atoms with Gasteiger partial charge in [-0.1, -0.05) is 11.6 Å². The number of benzene rings is 2. The SMILES string of the molecule is CCOC(CNC(=O)c1ccc(Nc2ncc3c(n2)-c2ccc(Cl)cc2NC(=O)C3)cc1)OCC. The second-order valence-electron chi connectivity index (χ2n) is 7.73. The maximum absolute atomic E-state index is 12.5. The molecule has 0 saturated heterocycles. The first-order valence-electron chi connectivity index (χ1n) is 11.3. The Morgan fingerprint density at radius 2 is 1.89 bits per heavy atom. The third-order valence-corrected chi connectivity index (χ3v) is 5.50. The molecule has 0 bridgehead atoms. The summed E-state index contributed by atoms with van der Waals surface area (Å²) < 4.78 is 10.9. The van der Waals surface area contributed by atoms with Crippen molar-refractivity contribution in [3.05, 3.63) is 64.8 Å². The van der Waals surface area contributed by atoms with Gasteiger partial charge in [-0.15, -0.1) is 0 Å². The Hall–Kier alpha value is -3.53. The summed E-state index contributed by atoms with van der Waals surface area (Å²) in [6.07, 6.45) is 1.33. The van der Waals surface area contributed by atoms with Gasteiger partial charge in [-0.3, -0.25) is 9.59 Å². The van der Waals surface area contributed by atoms with E-state index >= 15 is 0 Å². The first-order valence-corrected chi connectivity index (χ1v) is 11.7. The van der Waals surface area contributed by atoms with Crippen LogP contribution in [-0.4, -0.2) is 47.8 Å². The molecule has 1 aliphatic heterocycles. The molecule has 2 amide bonds. The molecule has 2 heterocycles. The average Bonchev–Trinajstić information content (AvgIpc) is 2.97. The molecule has 3 N–H and O–H groups in total. The van der Waals surface area contributed by atoms with E-state index in [1.54, 1.807) is 42.6 Å². The molecule has 0 radical (unpaired) electrons. The Balaban J connectivity index is 1.47. The molecule has 9 nitrogen and oxygen atoms in total. The van der Waals surface area contributed by atoms with Crippen LogP contribution in [0, 0.1) is 0 Å². The summed E-state index contributed by atoms with van der Waals surface area (Å²) in [5, 5.41) is 9.36. The Labute approximate surface area is 208 Å². The number of ether oxygens (including phenoxy) is 2. The highest BCUT2D eigenvalue weighted by atomic mass is 35.5. The van der Waals surface area contributed by atoms with E-state index in [-0.39, 0.29) is 24.8 Å². The van der Waals surface area contributed by atoms with Crippen LogP contribution in [0.25, 0.3) is 11.3 Å². The van der Waals surface area contributed by atoms with Crippen molar-refractivity contribution in [1.29, 1.82) is 0 Å². The van der Waals surface area contributed by atoms with Gasteiger partial charge >= 0.3 is 0 Å². The lowest BCUT2D eigenvalue weighted by atomic mass is 10.1. The molecule has 2 aromatic carbocycles. The third-order valence-electron chi connectivity index (χ3n) is 5.26. The Bertz CT molecular complexity index is 1210. The van der Waals surface area contributed by atoms with Gasteiger partial charge in [0.1, 0.15) is 0 Å². The van der Waals surface area contributed by atoms with E-state index in [0.717, 1.165) is 11.1 Å². The number of carbonyl (C=O) groups is 2. The van der Waals surface area contributed by atoms with Crippen molar-refractivity contribution in [2.45, 2.75) is 26.6 Å². The number of amides is 2. The fourth-order valence-electron chi connectivity index (χ4n) is 3.67. The van der Waals surface area contributed by atoms with Gasteiger partial charge < -0.3 is 25.4 Å². The highest BCUT2D eigenvalue weighted by Gasteiger charge is 2.21. The lowest BCUT2D eigenvalue weighted by Gasteiger charge is -2.17. The van der Waals surface area contributed by atoms with Gasteiger partial charge in [0.2, 0.25) is 11.9 Å². The predicted octanol–water partition coefficient (Wildman–Crippen LogP) is 4.16. The fourth-order valence-corrected chi connectivity index (χ4v) is 3.85. The molecule has 0 atom stereocenters. The van der Waals surface area contributed by atoms with Crippen LogP contribution in [0.1, 0.15) is 29.8 Å². The largest absolute Gasteiger partial charge is 0.351 e. The van der Waals surface area contributed by atoms with E-state index in [4.69, 9.17) is 21.1 Å². The number of nitrogens with one attached hydrogen (secondary N) is 3. The standard InChI is InChI=1S/C25H26ClN5O4/c1-3-34-22(35-4-2)14-27-24(33)15-5-8-18(9-6-15)29-25-28-13-16-11-21(32)30-20-12-17(26)7-10-19(20)23(16)31-25/h5-10,12-13,22H,3-4,11,14H2,1-2H3,(H,27,33)(H,30,32)(H,28,29,31). The molecule has 0 saturated carbocycles. The van der Waals surface area contributed by atoms with Crippen LogP contribution < -0.4 is 16.0 Å². The van der Waals surface area contributed by atoms with Gasteiger partial charge in [0.25, 0.3) is 5.91 Å². The number of nitrogens with zero attached hydrogens (tertiary/aromatic N) is 2. The van der Waals surface area contributed by atoms with Crippen LogP contribution >= 0.6 is 11.6 Å². The molecule has 35 heavy (non-hydrogen) atoms. The summed E-state index contributed by atoms with van der Waals surface area (Å²) in [5.41, 5.74) is 3.96. The van der Waals surface area contributed by atoms with E-state index in [1.165, 1.54) is 0 Å². The number of anilines is 3. The quantitative estimate of drug-likeness (QED) is 0.382. The van der Waals surface area contributed by atoms with Crippen molar-refractivity contribution in [2.75, 3.05) is 30.4 Å². The number of aromatic nitrogens is 2. The Kier molecular flexibility index (Phi) is 7.91. The molecule has 0 aliphatic carbocycles. The average molecular weight is 496 g/mol. The van der Waals surface area contributed by atoms with Crippen LogP contribution in [0.15, 0.2) is 48.7 Å². The summed E-state index contributed by atoms with van der Waals surface area (Å²) in [6.45, 7) is 5.00. The number of rotatable bonds is 9. The zero-order valence-electron chi connectivity index (χ0n) is 19.4. The molecule has 0 unspecified atom stereocenters. The maximum Gasteiger partial charge on any atom is 0.251 e. The summed E-state index contributed by atoms with van der Waals surface area (Å²) in [6, 6.07) is 12.2. The highest BCUT2D eigenvalue weighted by molar-refractivity contribution is 6.31. The fraction of sp³-hybridized carbons (Fsp3) is 0.280. The molecule has 4 rings (SSSR count). The number of hydrogen-bond donors (Lipinski definition) is 3. The normalized spacial score (nSPS) is 12.4. The van der Waals surface area contributed by atoms with E-state index < -0.39 is 6.29 Å². The molecule has 3 aromatic rings. The van der Waals surface area contributed by atoms with Gasteiger partial charge in [-0.05, 0) is 56.3 Å². The summed E-state index contributed by atoms with van der Waals surface area (Å²) in [5.74, 6) is -0.0126. The van der Waals surface area contributed by atoms with Gasteiger partial charge in [0.05, 0.1) is 24.3 Å². The van der Waals surface area contributed by atoms with Gasteiger partial charge in [-0.2, -0.15) is 0 Å². The summed E-state index contributed by atoms with van der Waals surface area (Å²) >= 11 is 6.10. The van der Waals surface area contributed by atoms with Crippen LogP contribution in [0.2, 0.25) is 5.02 Å². The zero-order chi connectivity index (χ0) is 24.8. The first-order chi connectivity index (χ1) is 17.0. The van der Waals surface area contributed by atoms with Crippen molar-refractivity contribution in [3.8, 4) is 11.3 Å². The number of carbonyl (C=O) groups excluding carboxylic acids is 2. The molecule has 10 heteroatoms. The van der Waals surface area contributed by atoms with E-state index in [0.29, 0.717) is 46.8 Å². The molecular weight excluding hydrogens is 470 g/mol. The van der Waals surface area contributed by atoms with Gasteiger partial charge in [-0.25, -0.2) is 9.97 Å². The van der Waals surface area contributed by atoms with Crippen LogP contribution in [0.5, 0.6) is 0 Å². The number of hydrogen-bond acceptors (Lipinski definition) is 7. The predicted molar refractivity (Wildman–Crippen MR) is 134 cm³/mol. The monoisotopic (exact) mass is 495 g/mol. The number of halogens is 1. The zero-order valence-corrected chi connectivity index (χ0v) is 20.2. The third kappa shape index (κ3) is 6.13. The van der Waals surface area contributed by atoms with Crippen molar-refractivity contribution in [1.82, 2.24) is 15.3 Å². The van der Waals surface area contributed by atoms with Crippen LogP contribution in [0.4, 0.5) is 17.3 Å². The molecule has 1 aliphatic rings. The molecule has 0 spiro atoms. The van der Waals surface area contributed by atoms with Crippen LogP contribution in [-0.2, 0) is 20.7 Å². The minimum Gasteiger partial charge on any atom is -0.351 e. The van der Waals surface area contributed by atoms with Crippen molar-refractivity contribution in [2.24, 2.45) is 0 Å². The molecule has 0 fully saturated rings. The Morgan fingerprint density at radius 1 is 1.14 bits per heavy atom. The lowest BCUT2D eigenvalue weighted by Crippen LogP contribution is -2.35. The van der Waals surface area contributed by atoms with Gasteiger partial charge in [0.15, 0.2) is 6.29 Å². The summed E-state index contributed by atoms with van der Waals surface area (Å²) in [4.78, 5) is 33.7. The second-order valence-corrected chi connectivity index (χ2v) is 8.17. The molecule has 1 aromatic heterocycles. The lowest BCUT2D eigenvalue weighted by molar-refractivity contribution is -0.131. The van der Waals surface area contributed by atoms with E-state index in [1.807, 2.05) is 19.9 Å². The Morgan fingerprint density at radius 3 is 2.60 bits per heavy atom. The molecule has 182 valence electrons. The smallest absolute Gasteiger partial charge is 0.251 e. The summed E-state index contributed by atoms with van der Waals surface area (Å²) in [7, 11) is 0. The molecular formula is C25H26ClN5O4. The van der Waals surface area contributed by atoms with Crippen molar-refractivity contribution < 1.29 is 19.1 Å². The topological polar surface area (TPSA) is 114 Å². The minimum absolute atomic E-state index is 0.153. The number of fused-ring (bicyclic) bond motifs is 3. The second kappa shape index (κ2) is 11.3. The van der Waals surface area contributed by atoms with Crippen LogP contribution in [0.3, 0.4) is 0 Å². The van der Waals surface area contributed by atoms with E-state index in [9.17, 15) is 9.59 Å². The van der Waals surface area contributed by atoms with Crippen molar-refractivity contribution >= 4 is 40.7 Å². The maximum atomic E-state index is 12.5. The van der Waals surface area contributed by atoms with Gasteiger partial charge in [0, 0.05) is 46.8 Å². The van der Waals surface area contributed by atoms with Crippen molar-refractivity contribution in [3.63, 3.8) is 0 Å². The van der Waals surface area contributed by atoms with E-state index in [2.05, 4.69) is 25.9 Å².